The number of unbranched alkanes of at least 4 members (excludes halogenated alkanes) is 65. The Balaban J connectivity index is 3.89. The zero-order chi connectivity index (χ0) is 73.2. The fourth-order valence-electron chi connectivity index (χ4n) is 14.0. The van der Waals surface area contributed by atoms with Gasteiger partial charge in [0.05, 0.1) is 40.3 Å². The largest absolute Gasteiger partial charge is 0.545 e. The van der Waals surface area contributed by atoms with Gasteiger partial charge in [0.15, 0.2) is 12.4 Å². The van der Waals surface area contributed by atoms with Crippen LogP contribution in [0.2, 0.25) is 0 Å². The number of carboxylic acids is 1. The summed E-state index contributed by atoms with van der Waals surface area (Å²) in [5.41, 5.74) is 0. The van der Waals surface area contributed by atoms with E-state index >= 15 is 0 Å². The lowest BCUT2D eigenvalue weighted by Gasteiger charge is -2.26. The lowest BCUT2D eigenvalue weighted by atomic mass is 10.0. The number of rotatable bonds is 86. The van der Waals surface area contributed by atoms with Gasteiger partial charge in [-0.05, 0) is 51.4 Å². The van der Waals surface area contributed by atoms with Gasteiger partial charge in [0.2, 0.25) is 0 Å². The molecule has 0 fully saturated rings. The molecule has 0 aliphatic carbocycles. The van der Waals surface area contributed by atoms with Crippen LogP contribution in [0, 0.1) is 0 Å². The molecule has 0 aliphatic rings. The molecule has 101 heavy (non-hydrogen) atoms. The number of carbonyl (C=O) groups is 3. The fourth-order valence-corrected chi connectivity index (χ4v) is 14.0. The van der Waals surface area contributed by atoms with Crippen LogP contribution in [0.1, 0.15) is 476 Å². The summed E-state index contributed by atoms with van der Waals surface area (Å²) in [7, 11) is 5.96. The summed E-state index contributed by atoms with van der Waals surface area (Å²) >= 11 is 0. The third-order valence-electron chi connectivity index (χ3n) is 20.9. The van der Waals surface area contributed by atoms with Crippen molar-refractivity contribution in [3.8, 4) is 0 Å². The predicted molar refractivity (Wildman–Crippen MR) is 436 cm³/mol. The molecular weight excluding hydrogens is 1250 g/mol. The highest BCUT2D eigenvalue weighted by atomic mass is 16.7. The molecule has 9 nitrogen and oxygen atoms in total. The standard InChI is InChI=1S/C92H175NO8/c1-6-8-10-12-14-16-18-20-22-24-26-28-30-32-34-36-38-40-42-43-44-45-46-47-49-51-53-55-57-59-61-63-65-67-69-71-73-75-77-79-81-83-90(95)101-88(87-100-92(91(96)97)98-85-84-93(3,4)5)86-99-89(94)82-80-78-76-74-72-70-68-66-64-62-60-58-56-54-52-50-48-41-39-37-35-33-31-29-27-25-23-21-19-17-15-13-11-9-7-2/h18,20,24,26,30,32,88,92H,6-17,19,21-23,25,27-29,31,33-87H2,1-5H3/b20-18-,26-24-,32-30-. The summed E-state index contributed by atoms with van der Waals surface area (Å²) in [6.07, 6.45) is 106. The van der Waals surface area contributed by atoms with E-state index in [2.05, 4.69) is 50.3 Å². The van der Waals surface area contributed by atoms with E-state index < -0.39 is 24.3 Å². The molecule has 0 saturated carbocycles. The van der Waals surface area contributed by atoms with E-state index in [1.165, 1.54) is 398 Å². The summed E-state index contributed by atoms with van der Waals surface area (Å²) in [6.45, 7) is 4.83. The van der Waals surface area contributed by atoms with E-state index in [4.69, 9.17) is 18.9 Å². The Kier molecular flexibility index (Phi) is 81.1. The maximum atomic E-state index is 13.0. The highest BCUT2D eigenvalue weighted by Crippen LogP contribution is 2.21. The molecule has 0 spiro atoms. The van der Waals surface area contributed by atoms with Gasteiger partial charge in [-0.1, -0.05) is 448 Å². The van der Waals surface area contributed by atoms with Gasteiger partial charge in [-0.15, -0.1) is 0 Å². The molecule has 596 valence electrons. The quantitative estimate of drug-likeness (QED) is 0.0195. The van der Waals surface area contributed by atoms with Gasteiger partial charge in [-0.25, -0.2) is 0 Å². The monoisotopic (exact) mass is 1420 g/mol. The van der Waals surface area contributed by atoms with Crippen molar-refractivity contribution in [2.75, 3.05) is 47.5 Å². The van der Waals surface area contributed by atoms with Crippen LogP contribution in [0.4, 0.5) is 0 Å². The molecule has 0 radical (unpaired) electrons. The van der Waals surface area contributed by atoms with Gasteiger partial charge in [0.1, 0.15) is 13.2 Å². The van der Waals surface area contributed by atoms with Crippen LogP contribution in [-0.2, 0) is 33.3 Å². The van der Waals surface area contributed by atoms with Crippen molar-refractivity contribution in [3.63, 3.8) is 0 Å². The van der Waals surface area contributed by atoms with Crippen molar-refractivity contribution >= 4 is 17.9 Å². The SMILES string of the molecule is CCCCCCC/C=C\C/C=C\C/C=C\CCCCCCCCCCCCCCCCCCCCCCCCCCCCC(=O)OC(COC(=O)CCCCCCCCCCCCCCCCCCCCCCCCCCCCCCCCCCCCC)COC(OCC[N+](C)(C)C)C(=O)[O-]. The average molecular weight is 1420 g/mol. The maximum absolute atomic E-state index is 13.0. The number of ether oxygens (including phenoxy) is 4. The number of esters is 2. The van der Waals surface area contributed by atoms with Crippen LogP contribution in [0.25, 0.3) is 0 Å². The Morgan fingerprint density at radius 2 is 0.535 bits per heavy atom. The molecule has 2 unspecified atom stereocenters. The van der Waals surface area contributed by atoms with Gasteiger partial charge in [-0.3, -0.25) is 9.59 Å². The first-order valence-electron chi connectivity index (χ1n) is 45.1. The zero-order valence-corrected chi connectivity index (χ0v) is 68.6. The third-order valence-corrected chi connectivity index (χ3v) is 20.9. The lowest BCUT2D eigenvalue weighted by molar-refractivity contribution is -0.870. The molecule has 0 aromatic rings. The average Bonchev–Trinajstić information content (AvgIpc) is 1.21. The first-order chi connectivity index (χ1) is 49.6. The van der Waals surface area contributed by atoms with Crippen LogP contribution in [0.3, 0.4) is 0 Å². The molecule has 0 heterocycles. The second kappa shape index (κ2) is 83.2. The Morgan fingerprint density at radius 1 is 0.297 bits per heavy atom. The molecule has 0 aromatic carbocycles. The minimum atomic E-state index is -1.62. The molecule has 0 amide bonds. The van der Waals surface area contributed by atoms with E-state index in [0.717, 1.165) is 51.4 Å². The lowest BCUT2D eigenvalue weighted by Crippen LogP contribution is -2.44. The number of hydrogen-bond donors (Lipinski definition) is 0. The van der Waals surface area contributed by atoms with Gasteiger partial charge >= 0.3 is 11.9 Å². The van der Waals surface area contributed by atoms with Crippen molar-refractivity contribution in [1.29, 1.82) is 0 Å². The second-order valence-electron chi connectivity index (χ2n) is 32.3. The molecule has 0 bridgehead atoms. The normalized spacial score (nSPS) is 12.7. The van der Waals surface area contributed by atoms with Crippen LogP contribution >= 0.6 is 0 Å². The number of hydrogen-bond acceptors (Lipinski definition) is 8. The number of carbonyl (C=O) groups excluding carboxylic acids is 3. The molecule has 0 rings (SSSR count). The van der Waals surface area contributed by atoms with Gasteiger partial charge in [0, 0.05) is 12.8 Å². The summed E-state index contributed by atoms with van der Waals surface area (Å²) < 4.78 is 22.9. The molecule has 0 aromatic heterocycles. The Morgan fingerprint density at radius 3 is 0.792 bits per heavy atom. The molecule has 2 atom stereocenters. The summed E-state index contributed by atoms with van der Waals surface area (Å²) in [5.74, 6) is -2.24. The molecule has 0 aliphatic heterocycles. The van der Waals surface area contributed by atoms with Crippen LogP contribution in [-0.4, -0.2) is 82.3 Å². The number of nitrogens with zero attached hydrogens (tertiary/aromatic N) is 1. The summed E-state index contributed by atoms with van der Waals surface area (Å²) in [4.78, 5) is 37.7. The van der Waals surface area contributed by atoms with Crippen molar-refractivity contribution in [2.24, 2.45) is 0 Å². The van der Waals surface area contributed by atoms with Crippen molar-refractivity contribution in [3.05, 3.63) is 36.5 Å². The summed E-state index contributed by atoms with van der Waals surface area (Å²) in [5, 5.41) is 11.9. The number of aliphatic carboxylic acids is 1. The minimum absolute atomic E-state index is 0.152. The van der Waals surface area contributed by atoms with Crippen LogP contribution in [0.5, 0.6) is 0 Å². The van der Waals surface area contributed by atoms with Crippen LogP contribution < -0.4 is 5.11 Å². The van der Waals surface area contributed by atoms with E-state index in [0.29, 0.717) is 17.4 Å². The molecule has 0 N–H and O–H groups in total. The molecule has 0 saturated heterocycles. The zero-order valence-electron chi connectivity index (χ0n) is 68.6. The van der Waals surface area contributed by atoms with E-state index in [1.54, 1.807) is 0 Å². The number of carboxylic acid groups (broad SMARTS) is 1. The highest BCUT2D eigenvalue weighted by molar-refractivity contribution is 5.70. The second-order valence-corrected chi connectivity index (χ2v) is 32.3. The number of allylic oxidation sites excluding steroid dienone is 6. The fraction of sp³-hybridized carbons (Fsp3) is 0.902. The Labute approximate surface area is 630 Å². The van der Waals surface area contributed by atoms with E-state index in [-0.39, 0.29) is 32.2 Å². The molecular formula is C92H175NO8. The van der Waals surface area contributed by atoms with E-state index in [9.17, 15) is 19.5 Å². The van der Waals surface area contributed by atoms with Gasteiger partial charge in [-0.2, -0.15) is 0 Å². The van der Waals surface area contributed by atoms with Crippen molar-refractivity contribution in [2.45, 2.75) is 489 Å². The molecule has 9 heteroatoms. The predicted octanol–water partition coefficient (Wildman–Crippen LogP) is 28.1. The van der Waals surface area contributed by atoms with Gasteiger partial charge in [0.25, 0.3) is 0 Å². The van der Waals surface area contributed by atoms with Crippen molar-refractivity contribution in [1.82, 2.24) is 0 Å². The first-order valence-corrected chi connectivity index (χ1v) is 45.1. The maximum Gasteiger partial charge on any atom is 0.306 e. The first kappa shape index (κ1) is 98.5. The van der Waals surface area contributed by atoms with E-state index in [1.807, 2.05) is 21.1 Å². The summed E-state index contributed by atoms with van der Waals surface area (Å²) in [6, 6.07) is 0. The Hall–Kier alpha value is -2.49. The van der Waals surface area contributed by atoms with Crippen molar-refractivity contribution < 1.29 is 42.9 Å². The number of likely N-dealkylation sites (N-methyl/N-ethyl adjacent to an activating group) is 1. The smallest absolute Gasteiger partial charge is 0.306 e. The minimum Gasteiger partial charge on any atom is -0.545 e. The highest BCUT2D eigenvalue weighted by Gasteiger charge is 2.22. The topological polar surface area (TPSA) is 111 Å². The third kappa shape index (κ3) is 84.6. The van der Waals surface area contributed by atoms with Gasteiger partial charge < -0.3 is 33.3 Å². The van der Waals surface area contributed by atoms with Crippen LogP contribution in [0.15, 0.2) is 36.5 Å². The number of quaternary nitrogens is 1. The Bertz CT molecular complexity index is 1760.